The van der Waals surface area contributed by atoms with E-state index in [-0.39, 0.29) is 30.3 Å². The SMILES string of the molecule is Cc1ccc(-n2ccnc2SCC(=O)N(CCC#N)c2ccccc2F)cc1C. The van der Waals surface area contributed by atoms with Crippen LogP contribution in [0.4, 0.5) is 10.1 Å². The van der Waals surface area contributed by atoms with Crippen LogP contribution >= 0.6 is 11.8 Å². The maximum atomic E-state index is 14.2. The van der Waals surface area contributed by atoms with Gasteiger partial charge in [0.2, 0.25) is 5.91 Å². The molecule has 0 saturated carbocycles. The molecule has 0 unspecified atom stereocenters. The lowest BCUT2D eigenvalue weighted by Crippen LogP contribution is -2.34. The number of para-hydroxylation sites is 1. The van der Waals surface area contributed by atoms with Crippen molar-refractivity contribution in [2.75, 3.05) is 17.2 Å². The summed E-state index contributed by atoms with van der Waals surface area (Å²) in [5.41, 5.74) is 3.53. The summed E-state index contributed by atoms with van der Waals surface area (Å²) < 4.78 is 16.1. The molecule has 3 rings (SSSR count). The minimum Gasteiger partial charge on any atom is -0.308 e. The summed E-state index contributed by atoms with van der Waals surface area (Å²) in [5.74, 6) is -0.674. The standard InChI is InChI=1S/C22H21FN4OS/c1-16-8-9-18(14-17(16)2)26-13-11-25-22(26)29-15-21(28)27(12-5-10-24)20-7-4-3-6-19(20)23/h3-4,6-9,11,13-14H,5,12,15H2,1-2H3. The number of benzene rings is 2. The van der Waals surface area contributed by atoms with Gasteiger partial charge in [0, 0.05) is 24.6 Å². The number of carbonyl (C=O) groups excluding carboxylic acids is 1. The molecule has 29 heavy (non-hydrogen) atoms. The van der Waals surface area contributed by atoms with Crippen LogP contribution in [0.3, 0.4) is 0 Å². The number of anilines is 1. The van der Waals surface area contributed by atoms with E-state index in [4.69, 9.17) is 5.26 Å². The number of hydrogen-bond donors (Lipinski definition) is 0. The molecule has 0 bridgehead atoms. The molecule has 0 saturated heterocycles. The zero-order chi connectivity index (χ0) is 20.8. The summed E-state index contributed by atoms with van der Waals surface area (Å²) in [6.45, 7) is 4.25. The summed E-state index contributed by atoms with van der Waals surface area (Å²) >= 11 is 1.28. The predicted octanol–water partition coefficient (Wildman–Crippen LogP) is 4.67. The quantitative estimate of drug-likeness (QED) is 0.533. The Morgan fingerprint density at radius 3 is 2.76 bits per heavy atom. The van der Waals surface area contributed by atoms with Gasteiger partial charge in [-0.05, 0) is 49.2 Å². The van der Waals surface area contributed by atoms with Gasteiger partial charge in [0.15, 0.2) is 5.16 Å². The number of halogens is 1. The van der Waals surface area contributed by atoms with Crippen molar-refractivity contribution in [3.8, 4) is 11.8 Å². The normalized spacial score (nSPS) is 10.6. The van der Waals surface area contributed by atoms with Crippen LogP contribution in [0.5, 0.6) is 0 Å². The molecule has 0 spiro atoms. The van der Waals surface area contributed by atoms with E-state index in [1.165, 1.54) is 33.9 Å². The Bertz CT molecular complexity index is 1060. The second-order valence-corrected chi connectivity index (χ2v) is 7.48. The number of aryl methyl sites for hydroxylation is 2. The van der Waals surface area contributed by atoms with Gasteiger partial charge in [-0.3, -0.25) is 9.36 Å². The van der Waals surface area contributed by atoms with Crippen molar-refractivity contribution in [1.29, 1.82) is 5.26 Å². The number of carbonyl (C=O) groups is 1. The molecule has 0 N–H and O–H groups in total. The Hall–Kier alpha value is -3.11. The molecule has 1 amide bonds. The number of hydrogen-bond acceptors (Lipinski definition) is 4. The molecule has 5 nitrogen and oxygen atoms in total. The molecule has 148 valence electrons. The third-order valence-electron chi connectivity index (χ3n) is 4.59. The van der Waals surface area contributed by atoms with Crippen molar-refractivity contribution < 1.29 is 9.18 Å². The zero-order valence-electron chi connectivity index (χ0n) is 16.3. The molecule has 0 aliphatic rings. The Morgan fingerprint density at radius 2 is 2.03 bits per heavy atom. The topological polar surface area (TPSA) is 61.9 Å². The molecule has 7 heteroatoms. The van der Waals surface area contributed by atoms with Gasteiger partial charge in [-0.25, -0.2) is 9.37 Å². The van der Waals surface area contributed by atoms with Crippen LogP contribution in [-0.2, 0) is 4.79 Å². The highest BCUT2D eigenvalue weighted by molar-refractivity contribution is 7.99. The number of rotatable bonds is 7. The molecule has 1 heterocycles. The van der Waals surface area contributed by atoms with Crippen molar-refractivity contribution in [2.24, 2.45) is 0 Å². The average Bonchev–Trinajstić information content (AvgIpc) is 3.18. The van der Waals surface area contributed by atoms with E-state index >= 15 is 0 Å². The summed E-state index contributed by atoms with van der Waals surface area (Å²) in [7, 11) is 0. The molecule has 1 aromatic heterocycles. The van der Waals surface area contributed by atoms with E-state index in [2.05, 4.69) is 18.0 Å². The van der Waals surface area contributed by atoms with Gasteiger partial charge in [0.1, 0.15) is 5.82 Å². The molecular weight excluding hydrogens is 387 g/mol. The number of aromatic nitrogens is 2. The molecule has 0 aliphatic carbocycles. The first kappa shape index (κ1) is 20.6. The summed E-state index contributed by atoms with van der Waals surface area (Å²) in [5, 5.41) is 9.57. The van der Waals surface area contributed by atoms with Crippen molar-refractivity contribution in [2.45, 2.75) is 25.4 Å². The van der Waals surface area contributed by atoms with Crippen LogP contribution in [0.25, 0.3) is 5.69 Å². The van der Waals surface area contributed by atoms with E-state index in [1.54, 1.807) is 24.4 Å². The highest BCUT2D eigenvalue weighted by Crippen LogP contribution is 2.25. The van der Waals surface area contributed by atoms with Gasteiger partial charge < -0.3 is 4.90 Å². The monoisotopic (exact) mass is 408 g/mol. The van der Waals surface area contributed by atoms with Crippen molar-refractivity contribution in [3.63, 3.8) is 0 Å². The molecule has 3 aromatic rings. The van der Waals surface area contributed by atoms with Crippen LogP contribution in [0.2, 0.25) is 0 Å². The second kappa shape index (κ2) is 9.39. The first-order chi connectivity index (χ1) is 14.0. The minimum atomic E-state index is -0.486. The number of amides is 1. The fourth-order valence-corrected chi connectivity index (χ4v) is 3.73. The number of imidazole rings is 1. The van der Waals surface area contributed by atoms with E-state index in [0.29, 0.717) is 5.16 Å². The fraction of sp³-hybridized carbons (Fsp3) is 0.227. The van der Waals surface area contributed by atoms with Crippen molar-refractivity contribution in [1.82, 2.24) is 9.55 Å². The lowest BCUT2D eigenvalue weighted by Gasteiger charge is -2.22. The van der Waals surface area contributed by atoms with E-state index < -0.39 is 5.82 Å². The second-order valence-electron chi connectivity index (χ2n) is 6.54. The van der Waals surface area contributed by atoms with E-state index in [1.807, 2.05) is 35.9 Å². The van der Waals surface area contributed by atoms with Crippen LogP contribution < -0.4 is 4.90 Å². The Balaban J connectivity index is 1.77. The predicted molar refractivity (Wildman–Crippen MR) is 113 cm³/mol. The highest BCUT2D eigenvalue weighted by atomic mass is 32.2. The molecule has 0 fully saturated rings. The van der Waals surface area contributed by atoms with Crippen LogP contribution in [0, 0.1) is 31.0 Å². The van der Waals surface area contributed by atoms with Gasteiger partial charge in [0.05, 0.1) is 23.9 Å². The highest BCUT2D eigenvalue weighted by Gasteiger charge is 2.20. The third kappa shape index (κ3) is 4.84. The van der Waals surface area contributed by atoms with Crippen molar-refractivity contribution >= 4 is 23.4 Å². The van der Waals surface area contributed by atoms with Crippen LogP contribution in [0.15, 0.2) is 60.0 Å². The Kier molecular flexibility index (Phi) is 6.68. The molecule has 2 aromatic carbocycles. The molecule has 0 aliphatic heterocycles. The molecular formula is C22H21FN4OS. The van der Waals surface area contributed by atoms with Crippen LogP contribution in [0.1, 0.15) is 17.5 Å². The smallest absolute Gasteiger partial charge is 0.237 e. The molecule has 0 atom stereocenters. The van der Waals surface area contributed by atoms with Gasteiger partial charge in [-0.1, -0.05) is 30.0 Å². The Labute approximate surface area is 173 Å². The van der Waals surface area contributed by atoms with Gasteiger partial charge in [-0.2, -0.15) is 5.26 Å². The first-order valence-electron chi connectivity index (χ1n) is 9.17. The third-order valence-corrected chi connectivity index (χ3v) is 5.54. The van der Waals surface area contributed by atoms with Gasteiger partial charge in [-0.15, -0.1) is 0 Å². The largest absolute Gasteiger partial charge is 0.308 e. The van der Waals surface area contributed by atoms with E-state index in [0.717, 1.165) is 5.69 Å². The lowest BCUT2D eigenvalue weighted by molar-refractivity contribution is -0.116. The maximum Gasteiger partial charge on any atom is 0.237 e. The zero-order valence-corrected chi connectivity index (χ0v) is 17.1. The van der Waals surface area contributed by atoms with Gasteiger partial charge >= 0.3 is 0 Å². The summed E-state index contributed by atoms with van der Waals surface area (Å²) in [6.07, 6.45) is 3.66. The first-order valence-corrected chi connectivity index (χ1v) is 10.2. The summed E-state index contributed by atoms with van der Waals surface area (Å²) in [4.78, 5) is 18.5. The lowest BCUT2D eigenvalue weighted by atomic mass is 10.1. The van der Waals surface area contributed by atoms with E-state index in [9.17, 15) is 9.18 Å². The maximum absolute atomic E-state index is 14.2. The number of nitriles is 1. The summed E-state index contributed by atoms with van der Waals surface area (Å²) in [6, 6.07) is 14.2. The minimum absolute atomic E-state index is 0.0849. The number of thioether (sulfide) groups is 1. The van der Waals surface area contributed by atoms with Gasteiger partial charge in [0.25, 0.3) is 0 Å². The molecule has 0 radical (unpaired) electrons. The average molecular weight is 409 g/mol. The Morgan fingerprint density at radius 1 is 1.24 bits per heavy atom. The number of nitrogens with zero attached hydrogens (tertiary/aromatic N) is 4. The van der Waals surface area contributed by atoms with Crippen LogP contribution in [-0.4, -0.2) is 27.8 Å². The van der Waals surface area contributed by atoms with Crippen molar-refractivity contribution in [3.05, 3.63) is 71.8 Å². The fourth-order valence-electron chi connectivity index (χ4n) is 2.88.